The van der Waals surface area contributed by atoms with Gasteiger partial charge in [-0.1, -0.05) is 0 Å². The van der Waals surface area contributed by atoms with Crippen molar-refractivity contribution >= 4 is 5.97 Å². The number of esters is 1. The van der Waals surface area contributed by atoms with Gasteiger partial charge in [-0.25, -0.2) is 0 Å². The molecule has 0 aliphatic rings. The summed E-state index contributed by atoms with van der Waals surface area (Å²) >= 11 is 0. The molecule has 0 spiro atoms. The van der Waals surface area contributed by atoms with Crippen LogP contribution in [0.4, 0.5) is 0 Å². The van der Waals surface area contributed by atoms with Crippen molar-refractivity contribution in [2.45, 2.75) is 33.3 Å². The van der Waals surface area contributed by atoms with Crippen molar-refractivity contribution in [1.82, 2.24) is 0 Å². The van der Waals surface area contributed by atoms with Crippen LogP contribution in [0.3, 0.4) is 0 Å². The Morgan fingerprint density at radius 3 is 2.18 bits per heavy atom. The number of ether oxygens (including phenoxy) is 1. The van der Waals surface area contributed by atoms with Crippen LogP contribution >= 0.6 is 0 Å². The van der Waals surface area contributed by atoms with Crippen LogP contribution in [0.25, 0.3) is 0 Å². The third-order valence-electron chi connectivity index (χ3n) is 0.873. The Hall–Kier alpha value is -1.04. The molecule has 0 N–H and O–H groups in total. The molecule has 0 rings (SSSR count). The summed E-state index contributed by atoms with van der Waals surface area (Å²) in [4.78, 5) is 10.9. The molecule has 0 amide bonds. The van der Waals surface area contributed by atoms with E-state index < -0.39 is 11.6 Å². The molecular weight excluding hydrogens is 142 g/mol. The van der Waals surface area contributed by atoms with E-state index in [1.807, 2.05) is 0 Å². The molecule has 61 valence electrons. The van der Waals surface area contributed by atoms with Gasteiger partial charge in [0.2, 0.25) is 0 Å². The van der Waals surface area contributed by atoms with Gasteiger partial charge < -0.3 is 4.74 Å². The van der Waals surface area contributed by atoms with E-state index in [4.69, 9.17) is 10.00 Å². The lowest BCUT2D eigenvalue weighted by molar-refractivity contribution is -0.151. The molecule has 0 heterocycles. The molecule has 0 aromatic carbocycles. The number of carbonyl (C=O) groups is 1. The lowest BCUT2D eigenvalue weighted by atomic mass is 10.1. The Morgan fingerprint density at radius 1 is 1.45 bits per heavy atom. The first-order valence-electron chi connectivity index (χ1n) is 3.34. The van der Waals surface area contributed by atoms with Crippen molar-refractivity contribution in [2.24, 2.45) is 0 Å². The minimum absolute atomic E-state index is 0.0833. The molecule has 0 aliphatic carbocycles. The molecule has 3 heteroatoms. The van der Waals surface area contributed by atoms with Crippen LogP contribution in [0.5, 0.6) is 0 Å². The standard InChI is InChI=1S/C8H12NO2/c1-6(5-9)7(10)11-8(2,3)4/h1-4H3. The molecule has 0 aromatic heterocycles. The molecule has 0 aliphatic heterocycles. The van der Waals surface area contributed by atoms with E-state index in [1.54, 1.807) is 26.8 Å². The van der Waals surface area contributed by atoms with E-state index in [9.17, 15) is 4.79 Å². The molecule has 1 radical (unpaired) electrons. The molecule has 0 bridgehead atoms. The van der Waals surface area contributed by atoms with Gasteiger partial charge in [-0.3, -0.25) is 4.79 Å². The van der Waals surface area contributed by atoms with Crippen LogP contribution in [-0.2, 0) is 9.53 Å². The van der Waals surface area contributed by atoms with E-state index in [0.29, 0.717) is 0 Å². The highest BCUT2D eigenvalue weighted by Crippen LogP contribution is 2.11. The second-order valence-electron chi connectivity index (χ2n) is 3.24. The van der Waals surface area contributed by atoms with Crippen molar-refractivity contribution in [3.05, 3.63) is 5.92 Å². The second-order valence-corrected chi connectivity index (χ2v) is 3.24. The highest BCUT2D eigenvalue weighted by molar-refractivity contribution is 5.88. The predicted octanol–water partition coefficient (Wildman–Crippen LogP) is 1.45. The molecule has 0 aromatic rings. The lowest BCUT2D eigenvalue weighted by Gasteiger charge is -2.19. The third kappa shape index (κ3) is 4.38. The van der Waals surface area contributed by atoms with Gasteiger partial charge in [-0.2, -0.15) is 5.26 Å². The van der Waals surface area contributed by atoms with Gasteiger partial charge in [0, 0.05) is 0 Å². The fraction of sp³-hybridized carbons (Fsp3) is 0.625. The van der Waals surface area contributed by atoms with Crippen molar-refractivity contribution in [3.63, 3.8) is 0 Å². The van der Waals surface area contributed by atoms with Crippen molar-refractivity contribution in [1.29, 1.82) is 5.26 Å². The average molecular weight is 154 g/mol. The van der Waals surface area contributed by atoms with Gasteiger partial charge >= 0.3 is 5.97 Å². The van der Waals surface area contributed by atoms with Crippen LogP contribution in [0, 0.1) is 17.2 Å². The zero-order valence-corrected chi connectivity index (χ0v) is 7.26. The number of nitrogens with zero attached hydrogens (tertiary/aromatic N) is 1. The smallest absolute Gasteiger partial charge is 0.329 e. The zero-order chi connectivity index (χ0) is 9.07. The first-order chi connectivity index (χ1) is 4.87. The van der Waals surface area contributed by atoms with E-state index >= 15 is 0 Å². The summed E-state index contributed by atoms with van der Waals surface area (Å²) in [5.74, 6) is -0.458. The van der Waals surface area contributed by atoms with Crippen molar-refractivity contribution < 1.29 is 9.53 Å². The molecule has 0 unspecified atom stereocenters. The number of nitriles is 1. The minimum atomic E-state index is -0.542. The quantitative estimate of drug-likeness (QED) is 0.537. The van der Waals surface area contributed by atoms with E-state index in [-0.39, 0.29) is 5.92 Å². The molecule has 0 atom stereocenters. The highest BCUT2D eigenvalue weighted by atomic mass is 16.6. The summed E-state index contributed by atoms with van der Waals surface area (Å²) in [5.41, 5.74) is -0.519. The first kappa shape index (κ1) is 9.96. The van der Waals surface area contributed by atoms with Gasteiger partial charge in [0.25, 0.3) is 0 Å². The number of carbonyl (C=O) groups excluding carboxylic acids is 1. The maximum Gasteiger partial charge on any atom is 0.329 e. The highest BCUT2D eigenvalue weighted by Gasteiger charge is 2.21. The molecular formula is C8H12NO2. The molecule has 0 fully saturated rings. The number of rotatable bonds is 1. The van der Waals surface area contributed by atoms with Gasteiger partial charge in [0.1, 0.15) is 5.60 Å². The first-order valence-corrected chi connectivity index (χ1v) is 3.34. The summed E-state index contributed by atoms with van der Waals surface area (Å²) in [6.45, 7) is 6.72. The summed E-state index contributed by atoms with van der Waals surface area (Å²) in [6.07, 6.45) is 0. The summed E-state index contributed by atoms with van der Waals surface area (Å²) in [7, 11) is 0. The SMILES string of the molecule is C[C](C#N)C(=O)OC(C)(C)C. The number of hydrogen-bond acceptors (Lipinski definition) is 3. The molecule has 3 nitrogen and oxygen atoms in total. The Balaban J connectivity index is 4.01. The third-order valence-corrected chi connectivity index (χ3v) is 0.873. The summed E-state index contributed by atoms with van der Waals surface area (Å²) in [5, 5.41) is 8.31. The van der Waals surface area contributed by atoms with Gasteiger partial charge in [0.05, 0.1) is 6.07 Å². The van der Waals surface area contributed by atoms with Crippen LogP contribution in [0.2, 0.25) is 0 Å². The monoisotopic (exact) mass is 154 g/mol. The Kier molecular flexibility index (Phi) is 3.06. The van der Waals surface area contributed by atoms with Crippen LogP contribution in [0.15, 0.2) is 0 Å². The summed E-state index contributed by atoms with van der Waals surface area (Å²) < 4.78 is 4.89. The second kappa shape index (κ2) is 3.38. The summed E-state index contributed by atoms with van der Waals surface area (Å²) in [6, 6.07) is 1.73. The molecule has 0 saturated carbocycles. The number of hydrogen-bond donors (Lipinski definition) is 0. The van der Waals surface area contributed by atoms with E-state index in [2.05, 4.69) is 0 Å². The van der Waals surface area contributed by atoms with Crippen LogP contribution in [-0.4, -0.2) is 11.6 Å². The average Bonchev–Trinajstić information content (AvgIpc) is 1.82. The van der Waals surface area contributed by atoms with Gasteiger partial charge in [-0.15, -0.1) is 0 Å². The largest absolute Gasteiger partial charge is 0.459 e. The van der Waals surface area contributed by atoms with E-state index in [1.165, 1.54) is 6.92 Å². The Labute approximate surface area is 67.0 Å². The zero-order valence-electron chi connectivity index (χ0n) is 7.26. The molecule has 0 saturated heterocycles. The van der Waals surface area contributed by atoms with E-state index in [0.717, 1.165) is 0 Å². The fourth-order valence-electron chi connectivity index (χ4n) is 0.400. The minimum Gasteiger partial charge on any atom is -0.459 e. The predicted molar refractivity (Wildman–Crippen MR) is 40.4 cm³/mol. The Morgan fingerprint density at radius 2 is 1.91 bits per heavy atom. The topological polar surface area (TPSA) is 50.1 Å². The molecule has 11 heavy (non-hydrogen) atoms. The maximum absolute atomic E-state index is 10.9. The maximum atomic E-state index is 10.9. The lowest BCUT2D eigenvalue weighted by Crippen LogP contribution is -2.26. The Bertz CT molecular complexity index is 185. The van der Waals surface area contributed by atoms with Crippen molar-refractivity contribution in [3.8, 4) is 6.07 Å². The van der Waals surface area contributed by atoms with Crippen LogP contribution in [0.1, 0.15) is 27.7 Å². The van der Waals surface area contributed by atoms with Crippen LogP contribution < -0.4 is 0 Å². The van der Waals surface area contributed by atoms with Gasteiger partial charge in [-0.05, 0) is 27.7 Å². The van der Waals surface area contributed by atoms with Crippen molar-refractivity contribution in [2.75, 3.05) is 0 Å². The normalized spacial score (nSPS) is 10.9. The van der Waals surface area contributed by atoms with Gasteiger partial charge in [0.15, 0.2) is 5.92 Å². The fourth-order valence-corrected chi connectivity index (χ4v) is 0.400.